The van der Waals surface area contributed by atoms with E-state index in [-0.39, 0.29) is 11.4 Å². The predicted octanol–water partition coefficient (Wildman–Crippen LogP) is 0.257. The van der Waals surface area contributed by atoms with Crippen molar-refractivity contribution in [3.05, 3.63) is 24.0 Å². The Bertz CT molecular complexity index is 429. The highest BCUT2D eigenvalue weighted by Gasteiger charge is 2.30. The van der Waals surface area contributed by atoms with Crippen molar-refractivity contribution in [2.75, 3.05) is 5.73 Å². The molecule has 0 spiro atoms. The molecule has 0 aromatic carbocycles. The maximum atomic E-state index is 11.7. The summed E-state index contributed by atoms with van der Waals surface area (Å²) in [6.07, 6.45) is 1.42. The van der Waals surface area contributed by atoms with Crippen LogP contribution in [-0.2, 0) is 4.79 Å². The second kappa shape index (κ2) is 4.18. The minimum Gasteiger partial charge on any atom is -0.480 e. The zero-order valence-corrected chi connectivity index (χ0v) is 9.02. The molecule has 1 heterocycles. The van der Waals surface area contributed by atoms with E-state index in [1.165, 1.54) is 26.1 Å². The smallest absolute Gasteiger partial charge is 0.328 e. The lowest BCUT2D eigenvalue weighted by atomic mass is 10.1. The van der Waals surface area contributed by atoms with Crippen LogP contribution in [0.15, 0.2) is 18.3 Å². The molecule has 1 aromatic rings. The summed E-state index contributed by atoms with van der Waals surface area (Å²) in [5.41, 5.74) is 4.42. The standard InChI is InChI=1S/C10H13N3O3/c1-10(2,9(15)16)13-8(14)7-6(11)4-3-5-12-7/h3-5H,11H2,1-2H3,(H,13,14)(H,15,16). The summed E-state index contributed by atoms with van der Waals surface area (Å²) in [4.78, 5) is 26.3. The Morgan fingerprint density at radius 2 is 2.12 bits per heavy atom. The van der Waals surface area contributed by atoms with Gasteiger partial charge in [0, 0.05) is 6.20 Å². The van der Waals surface area contributed by atoms with E-state index in [1.807, 2.05) is 0 Å². The van der Waals surface area contributed by atoms with Gasteiger partial charge >= 0.3 is 5.97 Å². The molecule has 0 radical (unpaired) electrons. The Labute approximate surface area is 92.5 Å². The van der Waals surface area contributed by atoms with Crippen LogP contribution in [-0.4, -0.2) is 27.5 Å². The first-order valence-electron chi connectivity index (χ1n) is 4.61. The molecule has 86 valence electrons. The normalized spacial score (nSPS) is 10.9. The first kappa shape index (κ1) is 12.0. The first-order valence-corrected chi connectivity index (χ1v) is 4.61. The summed E-state index contributed by atoms with van der Waals surface area (Å²) in [5, 5.41) is 11.2. The third-order valence-electron chi connectivity index (χ3n) is 2.01. The maximum absolute atomic E-state index is 11.7. The lowest BCUT2D eigenvalue weighted by Gasteiger charge is -2.20. The van der Waals surface area contributed by atoms with Gasteiger partial charge in [-0.05, 0) is 26.0 Å². The van der Waals surface area contributed by atoms with E-state index in [0.29, 0.717) is 0 Å². The van der Waals surface area contributed by atoms with Crippen LogP contribution in [0.25, 0.3) is 0 Å². The van der Waals surface area contributed by atoms with Gasteiger partial charge in [-0.3, -0.25) is 4.79 Å². The number of nitrogen functional groups attached to an aromatic ring is 1. The molecule has 0 atom stereocenters. The van der Waals surface area contributed by atoms with Gasteiger partial charge in [-0.15, -0.1) is 0 Å². The highest BCUT2D eigenvalue weighted by atomic mass is 16.4. The van der Waals surface area contributed by atoms with Crippen molar-refractivity contribution in [3.8, 4) is 0 Å². The fourth-order valence-corrected chi connectivity index (χ4v) is 1.00. The predicted molar refractivity (Wildman–Crippen MR) is 57.8 cm³/mol. The number of nitrogens with one attached hydrogen (secondary N) is 1. The Balaban J connectivity index is 2.89. The van der Waals surface area contributed by atoms with Gasteiger partial charge < -0.3 is 16.2 Å². The van der Waals surface area contributed by atoms with Gasteiger partial charge in [0.05, 0.1) is 5.69 Å². The van der Waals surface area contributed by atoms with Crippen LogP contribution in [0, 0.1) is 0 Å². The summed E-state index contributed by atoms with van der Waals surface area (Å²) in [6.45, 7) is 2.76. The maximum Gasteiger partial charge on any atom is 0.328 e. The van der Waals surface area contributed by atoms with Gasteiger partial charge in [-0.1, -0.05) is 0 Å². The van der Waals surface area contributed by atoms with E-state index in [1.54, 1.807) is 6.07 Å². The van der Waals surface area contributed by atoms with Crippen molar-refractivity contribution in [1.82, 2.24) is 10.3 Å². The van der Waals surface area contributed by atoms with Crippen LogP contribution in [0.3, 0.4) is 0 Å². The third-order valence-corrected chi connectivity index (χ3v) is 2.01. The van der Waals surface area contributed by atoms with Gasteiger partial charge in [0.2, 0.25) is 0 Å². The van der Waals surface area contributed by atoms with Crippen molar-refractivity contribution in [2.45, 2.75) is 19.4 Å². The number of nitrogens with two attached hydrogens (primary N) is 1. The van der Waals surface area contributed by atoms with E-state index in [4.69, 9.17) is 10.8 Å². The van der Waals surface area contributed by atoms with Crippen molar-refractivity contribution < 1.29 is 14.7 Å². The van der Waals surface area contributed by atoms with Crippen LogP contribution in [0.4, 0.5) is 5.69 Å². The minimum atomic E-state index is -1.36. The Morgan fingerprint density at radius 3 is 2.62 bits per heavy atom. The quantitative estimate of drug-likeness (QED) is 0.681. The first-order chi connectivity index (χ1) is 7.34. The third kappa shape index (κ3) is 2.47. The summed E-state index contributed by atoms with van der Waals surface area (Å²) in [6, 6.07) is 3.12. The number of carboxylic acid groups (broad SMARTS) is 1. The molecule has 0 bridgehead atoms. The van der Waals surface area contributed by atoms with Crippen LogP contribution in [0.2, 0.25) is 0 Å². The fourth-order valence-electron chi connectivity index (χ4n) is 1.00. The van der Waals surface area contributed by atoms with Gasteiger partial charge in [0.25, 0.3) is 5.91 Å². The Morgan fingerprint density at radius 1 is 1.50 bits per heavy atom. The van der Waals surface area contributed by atoms with Gasteiger partial charge in [0.1, 0.15) is 5.54 Å². The molecule has 4 N–H and O–H groups in total. The number of pyridine rings is 1. The second-order valence-electron chi connectivity index (χ2n) is 3.83. The molecule has 0 saturated heterocycles. The number of carbonyl (C=O) groups excluding carboxylic acids is 1. The molecule has 0 aliphatic carbocycles. The molecular formula is C10H13N3O3. The zero-order valence-electron chi connectivity index (χ0n) is 9.02. The van der Waals surface area contributed by atoms with Gasteiger partial charge in [-0.2, -0.15) is 0 Å². The summed E-state index contributed by atoms with van der Waals surface area (Å²) in [7, 11) is 0. The molecule has 1 amide bonds. The van der Waals surface area contributed by atoms with Crippen molar-refractivity contribution >= 4 is 17.6 Å². The molecule has 0 aliphatic heterocycles. The summed E-state index contributed by atoms with van der Waals surface area (Å²) in [5.74, 6) is -1.74. The fraction of sp³-hybridized carbons (Fsp3) is 0.300. The number of hydrogen-bond acceptors (Lipinski definition) is 4. The zero-order chi connectivity index (χ0) is 12.3. The lowest BCUT2D eigenvalue weighted by Crippen LogP contribution is -2.50. The number of carbonyl (C=O) groups is 2. The van der Waals surface area contributed by atoms with E-state index >= 15 is 0 Å². The molecule has 1 aromatic heterocycles. The molecule has 0 fully saturated rings. The van der Waals surface area contributed by atoms with E-state index < -0.39 is 17.4 Å². The number of rotatable bonds is 3. The highest BCUT2D eigenvalue weighted by Crippen LogP contribution is 2.09. The SMILES string of the molecule is CC(C)(NC(=O)c1ncccc1N)C(=O)O. The van der Waals surface area contributed by atoms with E-state index in [9.17, 15) is 9.59 Å². The topological polar surface area (TPSA) is 105 Å². The van der Waals surface area contributed by atoms with Crippen LogP contribution in [0.1, 0.15) is 24.3 Å². The van der Waals surface area contributed by atoms with E-state index in [0.717, 1.165) is 0 Å². The number of carboxylic acids is 1. The molecule has 1 rings (SSSR count). The number of aromatic nitrogens is 1. The Hall–Kier alpha value is -2.11. The summed E-state index contributed by atoms with van der Waals surface area (Å²) >= 11 is 0. The number of hydrogen-bond donors (Lipinski definition) is 3. The van der Waals surface area contributed by atoms with Crippen molar-refractivity contribution in [1.29, 1.82) is 0 Å². The molecule has 0 aliphatic rings. The second-order valence-corrected chi connectivity index (χ2v) is 3.83. The van der Waals surface area contributed by atoms with Crippen LogP contribution >= 0.6 is 0 Å². The number of aliphatic carboxylic acids is 1. The largest absolute Gasteiger partial charge is 0.480 e. The van der Waals surface area contributed by atoms with Crippen molar-refractivity contribution in [2.24, 2.45) is 0 Å². The number of amides is 1. The summed E-state index contributed by atoms with van der Waals surface area (Å²) < 4.78 is 0. The average Bonchev–Trinajstić information content (AvgIpc) is 2.17. The molecule has 6 heteroatoms. The van der Waals surface area contributed by atoms with Crippen LogP contribution in [0.5, 0.6) is 0 Å². The molecule has 0 unspecified atom stereocenters. The molecule has 0 saturated carbocycles. The van der Waals surface area contributed by atoms with Crippen molar-refractivity contribution in [3.63, 3.8) is 0 Å². The van der Waals surface area contributed by atoms with Gasteiger partial charge in [-0.25, -0.2) is 9.78 Å². The highest BCUT2D eigenvalue weighted by molar-refractivity contribution is 5.99. The molecule has 16 heavy (non-hydrogen) atoms. The minimum absolute atomic E-state index is 0.0248. The van der Waals surface area contributed by atoms with E-state index in [2.05, 4.69) is 10.3 Å². The van der Waals surface area contributed by atoms with Crippen LogP contribution < -0.4 is 11.1 Å². The average molecular weight is 223 g/mol. The monoisotopic (exact) mass is 223 g/mol. The van der Waals surface area contributed by atoms with Gasteiger partial charge in [0.15, 0.2) is 5.69 Å². The Kier molecular flexibility index (Phi) is 3.12. The molecular weight excluding hydrogens is 210 g/mol. The molecule has 6 nitrogen and oxygen atoms in total. The number of anilines is 1. The lowest BCUT2D eigenvalue weighted by molar-refractivity contribution is -0.143. The number of nitrogens with zero attached hydrogens (tertiary/aromatic N) is 1.